The van der Waals surface area contributed by atoms with Gasteiger partial charge in [0.1, 0.15) is 5.70 Å². The summed E-state index contributed by atoms with van der Waals surface area (Å²) in [6.07, 6.45) is 1.49. The average Bonchev–Trinajstić information content (AvgIpc) is 2.63. The van der Waals surface area contributed by atoms with E-state index in [2.05, 4.69) is 10.6 Å². The van der Waals surface area contributed by atoms with Crippen molar-refractivity contribution in [2.75, 3.05) is 11.9 Å². The number of benzene rings is 2. The molecule has 0 spiro atoms. The number of nitrogens with one attached hydrogen (secondary N) is 2. The lowest BCUT2D eigenvalue weighted by atomic mass is 10.1. The second kappa shape index (κ2) is 9.33. The highest BCUT2D eigenvalue weighted by Gasteiger charge is 2.15. The summed E-state index contributed by atoms with van der Waals surface area (Å²) in [5, 5.41) is 5.15. The molecule has 0 radical (unpaired) electrons. The molecule has 6 nitrogen and oxygen atoms in total. The molecule has 27 heavy (non-hydrogen) atoms. The van der Waals surface area contributed by atoms with E-state index in [1.807, 2.05) is 32.0 Å². The Morgan fingerprint density at radius 2 is 1.70 bits per heavy atom. The molecule has 2 N–H and O–H groups in total. The molecule has 0 aliphatic carbocycles. The van der Waals surface area contributed by atoms with E-state index >= 15 is 0 Å². The van der Waals surface area contributed by atoms with E-state index in [-0.39, 0.29) is 5.70 Å². The van der Waals surface area contributed by atoms with Crippen LogP contribution in [0.25, 0.3) is 6.08 Å². The Morgan fingerprint density at radius 3 is 2.37 bits per heavy atom. The first-order valence-corrected chi connectivity index (χ1v) is 8.44. The van der Waals surface area contributed by atoms with Crippen LogP contribution in [0.1, 0.15) is 23.6 Å². The van der Waals surface area contributed by atoms with Crippen LogP contribution in [0.2, 0.25) is 0 Å². The van der Waals surface area contributed by atoms with Crippen LogP contribution in [-0.4, -0.2) is 24.4 Å². The fraction of sp³-hybridized carbons (Fsp3) is 0.190. The highest BCUT2D eigenvalue weighted by Crippen LogP contribution is 2.17. The molecular formula is C21H22N2O4. The number of hydrogen-bond donors (Lipinski definition) is 2. The SMILES string of the molecule is CC(=O)NC(=Cc1ccccc1)C(=O)OCC(=O)Nc1cccc(C)c1C. The predicted molar refractivity (Wildman–Crippen MR) is 104 cm³/mol. The fourth-order valence-electron chi connectivity index (χ4n) is 2.33. The van der Waals surface area contributed by atoms with Crippen molar-refractivity contribution >= 4 is 29.5 Å². The Bertz CT molecular complexity index is 873. The van der Waals surface area contributed by atoms with Crippen LogP contribution in [0.5, 0.6) is 0 Å². The van der Waals surface area contributed by atoms with Crippen LogP contribution < -0.4 is 10.6 Å². The van der Waals surface area contributed by atoms with E-state index in [0.29, 0.717) is 5.69 Å². The van der Waals surface area contributed by atoms with Crippen LogP contribution in [0, 0.1) is 13.8 Å². The van der Waals surface area contributed by atoms with Gasteiger partial charge in [0, 0.05) is 12.6 Å². The zero-order valence-electron chi connectivity index (χ0n) is 15.5. The molecule has 0 aromatic heterocycles. The second-order valence-electron chi connectivity index (χ2n) is 6.02. The molecule has 140 valence electrons. The summed E-state index contributed by atoms with van der Waals surface area (Å²) in [5.74, 6) is -1.65. The molecule has 2 aromatic carbocycles. The van der Waals surface area contributed by atoms with Crippen LogP contribution in [-0.2, 0) is 19.1 Å². The molecule has 2 rings (SSSR count). The monoisotopic (exact) mass is 366 g/mol. The van der Waals surface area contributed by atoms with E-state index < -0.39 is 24.4 Å². The fourth-order valence-corrected chi connectivity index (χ4v) is 2.33. The largest absolute Gasteiger partial charge is 0.451 e. The van der Waals surface area contributed by atoms with Gasteiger partial charge in [0.15, 0.2) is 6.61 Å². The summed E-state index contributed by atoms with van der Waals surface area (Å²) in [6.45, 7) is 4.67. The third-order valence-electron chi connectivity index (χ3n) is 3.85. The number of rotatable bonds is 6. The van der Waals surface area contributed by atoms with Crippen LogP contribution in [0.3, 0.4) is 0 Å². The van der Waals surface area contributed by atoms with Gasteiger partial charge in [0.2, 0.25) is 5.91 Å². The Morgan fingerprint density at radius 1 is 1.00 bits per heavy atom. The van der Waals surface area contributed by atoms with E-state index in [9.17, 15) is 14.4 Å². The highest BCUT2D eigenvalue weighted by molar-refractivity contribution is 5.99. The molecule has 0 aliphatic rings. The van der Waals surface area contributed by atoms with Gasteiger partial charge in [-0.15, -0.1) is 0 Å². The minimum absolute atomic E-state index is 0.0340. The molecule has 2 aromatic rings. The molecule has 0 bridgehead atoms. The van der Waals surface area contributed by atoms with Crippen LogP contribution in [0.15, 0.2) is 54.2 Å². The van der Waals surface area contributed by atoms with Gasteiger partial charge in [-0.1, -0.05) is 42.5 Å². The van der Waals surface area contributed by atoms with Gasteiger partial charge in [-0.25, -0.2) is 4.79 Å². The first-order chi connectivity index (χ1) is 12.9. The number of carbonyl (C=O) groups is 3. The summed E-state index contributed by atoms with van der Waals surface area (Å²) in [7, 11) is 0. The van der Waals surface area contributed by atoms with Gasteiger partial charge in [-0.2, -0.15) is 0 Å². The summed E-state index contributed by atoms with van der Waals surface area (Å²) in [5.41, 5.74) is 3.34. The molecule has 0 unspecified atom stereocenters. The Hall–Kier alpha value is -3.41. The van der Waals surface area contributed by atoms with Crippen molar-refractivity contribution in [1.82, 2.24) is 5.32 Å². The quantitative estimate of drug-likeness (QED) is 0.608. The molecule has 0 saturated carbocycles. The third-order valence-corrected chi connectivity index (χ3v) is 3.85. The summed E-state index contributed by atoms with van der Waals surface area (Å²) in [6, 6.07) is 14.6. The van der Waals surface area contributed by atoms with Crippen molar-refractivity contribution in [3.63, 3.8) is 0 Å². The predicted octanol–water partition coefficient (Wildman–Crippen LogP) is 2.96. The van der Waals surface area contributed by atoms with Gasteiger partial charge in [0.25, 0.3) is 5.91 Å². The third kappa shape index (κ3) is 6.11. The molecule has 0 heterocycles. The number of esters is 1. The van der Waals surface area contributed by atoms with Crippen LogP contribution >= 0.6 is 0 Å². The lowest BCUT2D eigenvalue weighted by Gasteiger charge is -2.12. The smallest absolute Gasteiger partial charge is 0.355 e. The number of amides is 2. The van der Waals surface area contributed by atoms with Crippen LogP contribution in [0.4, 0.5) is 5.69 Å². The van der Waals surface area contributed by atoms with E-state index in [1.54, 1.807) is 30.3 Å². The van der Waals surface area contributed by atoms with Crippen molar-refractivity contribution in [3.05, 3.63) is 70.9 Å². The maximum atomic E-state index is 12.3. The zero-order chi connectivity index (χ0) is 19.8. The molecule has 0 atom stereocenters. The number of aryl methyl sites for hydroxylation is 1. The summed E-state index contributed by atoms with van der Waals surface area (Å²) < 4.78 is 5.05. The van der Waals surface area contributed by atoms with Gasteiger partial charge >= 0.3 is 5.97 Å². The first-order valence-electron chi connectivity index (χ1n) is 8.44. The standard InChI is InChI=1S/C21H22N2O4/c1-14-8-7-11-18(15(14)2)23-20(25)13-27-21(26)19(22-16(3)24)12-17-9-5-4-6-10-17/h4-12H,13H2,1-3H3,(H,22,24)(H,23,25). The Balaban J connectivity index is 2.02. The summed E-state index contributed by atoms with van der Waals surface area (Å²) in [4.78, 5) is 35.7. The number of ether oxygens (including phenoxy) is 1. The lowest BCUT2D eigenvalue weighted by molar-refractivity contribution is -0.144. The minimum atomic E-state index is -0.787. The van der Waals surface area contributed by atoms with E-state index in [0.717, 1.165) is 16.7 Å². The van der Waals surface area contributed by atoms with Gasteiger partial charge in [-0.3, -0.25) is 9.59 Å². The molecule has 0 saturated heterocycles. The maximum absolute atomic E-state index is 12.3. The minimum Gasteiger partial charge on any atom is -0.451 e. The molecule has 0 aliphatic heterocycles. The molecule has 0 fully saturated rings. The van der Waals surface area contributed by atoms with Gasteiger partial charge in [-0.05, 0) is 42.7 Å². The average molecular weight is 366 g/mol. The first kappa shape index (κ1) is 19.9. The van der Waals surface area contributed by atoms with E-state index in [4.69, 9.17) is 4.74 Å². The number of anilines is 1. The number of hydrogen-bond acceptors (Lipinski definition) is 4. The highest BCUT2D eigenvalue weighted by atomic mass is 16.5. The maximum Gasteiger partial charge on any atom is 0.355 e. The van der Waals surface area contributed by atoms with Crippen molar-refractivity contribution in [2.24, 2.45) is 0 Å². The topological polar surface area (TPSA) is 84.5 Å². The molecule has 2 amide bonds. The normalized spacial score (nSPS) is 10.9. The van der Waals surface area contributed by atoms with Crippen molar-refractivity contribution < 1.29 is 19.1 Å². The van der Waals surface area contributed by atoms with Crippen molar-refractivity contribution in [3.8, 4) is 0 Å². The van der Waals surface area contributed by atoms with Gasteiger partial charge in [0.05, 0.1) is 0 Å². The number of carbonyl (C=O) groups excluding carboxylic acids is 3. The molecular weight excluding hydrogens is 344 g/mol. The second-order valence-corrected chi connectivity index (χ2v) is 6.02. The van der Waals surface area contributed by atoms with Crippen molar-refractivity contribution in [1.29, 1.82) is 0 Å². The molecule has 6 heteroatoms. The van der Waals surface area contributed by atoms with Crippen molar-refractivity contribution in [2.45, 2.75) is 20.8 Å². The lowest BCUT2D eigenvalue weighted by Crippen LogP contribution is -2.29. The zero-order valence-corrected chi connectivity index (χ0v) is 15.5. The summed E-state index contributed by atoms with van der Waals surface area (Å²) >= 11 is 0. The Labute approximate surface area is 158 Å². The Kier molecular flexibility index (Phi) is 6.88. The van der Waals surface area contributed by atoms with Gasteiger partial charge < -0.3 is 15.4 Å². The van der Waals surface area contributed by atoms with E-state index in [1.165, 1.54) is 13.0 Å².